The van der Waals surface area contributed by atoms with Crippen molar-refractivity contribution in [1.29, 1.82) is 0 Å². The number of carbonyl (C=O) groups excluding carboxylic acids is 1. The third-order valence-corrected chi connectivity index (χ3v) is 8.41. The molecule has 5 heterocycles. The zero-order valence-corrected chi connectivity index (χ0v) is 27.4. The van der Waals surface area contributed by atoms with Crippen molar-refractivity contribution in [3.63, 3.8) is 0 Å². The number of amides is 1. The summed E-state index contributed by atoms with van der Waals surface area (Å²) in [6.45, 7) is 2.88. The van der Waals surface area contributed by atoms with Crippen LogP contribution in [0.15, 0.2) is 54.9 Å². The van der Waals surface area contributed by atoms with Gasteiger partial charge < -0.3 is 28.8 Å². The molecular formula is C33H26ClF2N9O5. The van der Waals surface area contributed by atoms with Gasteiger partial charge in [-0.25, -0.2) is 9.67 Å². The number of aromatic nitrogens is 8. The van der Waals surface area contributed by atoms with Gasteiger partial charge >= 0.3 is 17.6 Å². The van der Waals surface area contributed by atoms with E-state index in [2.05, 4.69) is 29.6 Å². The molecule has 1 aliphatic heterocycles. The number of hydrogen-bond donors (Lipinski definition) is 1. The molecule has 4 aromatic heterocycles. The molecule has 1 atom stereocenters. The van der Waals surface area contributed by atoms with Crippen LogP contribution in [0.1, 0.15) is 40.4 Å². The Balaban J connectivity index is 1.19. The van der Waals surface area contributed by atoms with Gasteiger partial charge in [0.2, 0.25) is 0 Å². The highest BCUT2D eigenvalue weighted by Gasteiger charge is 2.29. The zero-order chi connectivity index (χ0) is 34.7. The van der Waals surface area contributed by atoms with Crippen molar-refractivity contribution in [2.75, 3.05) is 26.1 Å². The molecule has 2 aromatic carbocycles. The topological polar surface area (TPSA) is 153 Å². The third kappa shape index (κ3) is 5.71. The second-order valence-corrected chi connectivity index (χ2v) is 12.1. The van der Waals surface area contributed by atoms with Crippen molar-refractivity contribution in [3.05, 3.63) is 77.5 Å². The maximum absolute atomic E-state index is 13.6. The Morgan fingerprint density at radius 1 is 1.04 bits per heavy atom. The first-order chi connectivity index (χ1) is 24.1. The minimum Gasteiger partial charge on any atom is -0.467 e. The molecule has 0 fully saturated rings. The van der Waals surface area contributed by atoms with Crippen LogP contribution in [0.25, 0.3) is 39.4 Å². The lowest BCUT2D eigenvalue weighted by molar-refractivity contribution is -0.0964. The average Bonchev–Trinajstić information content (AvgIpc) is 3.79. The fourth-order valence-electron chi connectivity index (χ4n) is 6.19. The monoisotopic (exact) mass is 701 g/mol. The molecular weight excluding hydrogens is 676 g/mol. The fraction of sp³-hybridized carbons (Fsp3) is 0.242. The first-order valence-corrected chi connectivity index (χ1v) is 15.7. The van der Waals surface area contributed by atoms with Gasteiger partial charge in [0, 0.05) is 63.9 Å². The summed E-state index contributed by atoms with van der Waals surface area (Å²) in [6.07, 6.45) is 4.17. The quantitative estimate of drug-likeness (QED) is 0.198. The van der Waals surface area contributed by atoms with Gasteiger partial charge in [0.15, 0.2) is 0 Å². The summed E-state index contributed by atoms with van der Waals surface area (Å²) in [6, 6.07) is 11.1. The van der Waals surface area contributed by atoms with Crippen molar-refractivity contribution in [2.24, 2.45) is 0 Å². The number of carbonyl (C=O) groups is 1. The molecule has 6 aromatic rings. The lowest BCUT2D eigenvalue weighted by Crippen LogP contribution is -2.21. The molecule has 50 heavy (non-hydrogen) atoms. The standard InChI is InChI=1S/C33H26ClF2N9O5/c1-16-14-49-15-26-39-25-10-17(29(46)38-20-4-6-21(7-5-20)50-33(34,35)36)8-22(28(25)45(16)26)18-9-23-24(37-12-18)11-19-13-44(43-27(19)23)30-40-31(47-2)42-32(41-30)48-3/h4-10,12-13,16H,11,14-15H2,1-3H3,(H,38,46)/t16-/m1/s1. The molecule has 1 aliphatic carbocycles. The number of methoxy groups -OCH3 is 2. The van der Waals surface area contributed by atoms with E-state index >= 15 is 0 Å². The van der Waals surface area contributed by atoms with Gasteiger partial charge in [-0.15, -0.1) is 13.8 Å². The van der Waals surface area contributed by atoms with Crippen LogP contribution in [0.3, 0.4) is 0 Å². The SMILES string of the molecule is COc1nc(OC)nc(-n2cc3c(n2)-c2cc(-c4cc(C(=O)Nc5ccc(OC(F)(F)Cl)cc5)cc5nc6n(c45)[C@H](C)COC6)cnc2C3)n1. The molecule has 254 valence electrons. The van der Waals surface area contributed by atoms with Crippen LogP contribution in [0, 0.1) is 0 Å². The Kier molecular flexibility index (Phi) is 7.56. The van der Waals surface area contributed by atoms with Crippen LogP contribution in [-0.4, -0.2) is 71.6 Å². The molecule has 0 spiro atoms. The molecule has 0 unspecified atom stereocenters. The second-order valence-electron chi connectivity index (χ2n) is 11.6. The number of nitrogens with zero attached hydrogens (tertiary/aromatic N) is 8. The molecule has 1 N–H and O–H groups in total. The highest BCUT2D eigenvalue weighted by molar-refractivity contribution is 6.20. The Labute approximate surface area is 287 Å². The lowest BCUT2D eigenvalue weighted by Gasteiger charge is -2.23. The van der Waals surface area contributed by atoms with Gasteiger partial charge in [0.1, 0.15) is 18.2 Å². The largest absolute Gasteiger partial charge is 0.487 e. The molecule has 0 radical (unpaired) electrons. The number of fused-ring (bicyclic) bond motifs is 6. The summed E-state index contributed by atoms with van der Waals surface area (Å²) in [5.41, 5.74) is 3.10. The van der Waals surface area contributed by atoms with Crippen molar-refractivity contribution < 1.29 is 32.5 Å². The smallest absolute Gasteiger partial charge is 0.467 e. The van der Waals surface area contributed by atoms with Crippen molar-refractivity contribution >= 4 is 34.2 Å². The molecule has 8 rings (SSSR count). The maximum Gasteiger partial charge on any atom is 0.487 e. The summed E-state index contributed by atoms with van der Waals surface area (Å²) in [7, 11) is 2.90. The van der Waals surface area contributed by atoms with E-state index in [1.54, 1.807) is 23.0 Å². The minimum atomic E-state index is -3.85. The van der Waals surface area contributed by atoms with E-state index in [0.29, 0.717) is 42.1 Å². The first kappa shape index (κ1) is 31.5. The minimum absolute atomic E-state index is 0.0118. The number of rotatable bonds is 8. The Bertz CT molecular complexity index is 2280. The van der Waals surface area contributed by atoms with Crippen LogP contribution >= 0.6 is 11.6 Å². The van der Waals surface area contributed by atoms with Gasteiger partial charge in [-0.05, 0) is 49.4 Å². The summed E-state index contributed by atoms with van der Waals surface area (Å²) in [5, 5.41) is 7.61. The fourth-order valence-corrected chi connectivity index (χ4v) is 6.28. The number of nitrogens with one attached hydrogen (secondary N) is 1. The first-order valence-electron chi connectivity index (χ1n) is 15.3. The van der Waals surface area contributed by atoms with E-state index in [0.717, 1.165) is 39.3 Å². The molecule has 2 aliphatic rings. The number of imidazole rings is 1. The molecule has 1 amide bonds. The summed E-state index contributed by atoms with van der Waals surface area (Å²) in [4.78, 5) is 36.0. The Morgan fingerprint density at radius 3 is 2.52 bits per heavy atom. The van der Waals surface area contributed by atoms with Crippen LogP contribution in [0.5, 0.6) is 17.8 Å². The van der Waals surface area contributed by atoms with E-state index in [9.17, 15) is 13.6 Å². The predicted octanol–water partition coefficient (Wildman–Crippen LogP) is 5.57. The summed E-state index contributed by atoms with van der Waals surface area (Å²) in [5.74, 6) is 0.382. The summed E-state index contributed by atoms with van der Waals surface area (Å²) < 4.78 is 50.3. The number of pyridine rings is 1. The van der Waals surface area contributed by atoms with Gasteiger partial charge in [-0.3, -0.25) is 9.78 Å². The van der Waals surface area contributed by atoms with Crippen molar-refractivity contribution in [2.45, 2.75) is 31.6 Å². The van der Waals surface area contributed by atoms with E-state index in [1.807, 2.05) is 19.2 Å². The highest BCUT2D eigenvalue weighted by Crippen LogP contribution is 2.40. The molecule has 0 bridgehead atoms. The molecule has 17 heteroatoms. The maximum atomic E-state index is 13.6. The Morgan fingerprint density at radius 2 is 1.80 bits per heavy atom. The average molecular weight is 702 g/mol. The highest BCUT2D eigenvalue weighted by atomic mass is 35.5. The Hall–Kier alpha value is -5.74. The van der Waals surface area contributed by atoms with Crippen molar-refractivity contribution in [1.82, 2.24) is 39.3 Å². The van der Waals surface area contributed by atoms with Gasteiger partial charge in [0.25, 0.3) is 11.9 Å². The predicted molar refractivity (Wildman–Crippen MR) is 175 cm³/mol. The molecule has 0 saturated heterocycles. The van der Waals surface area contributed by atoms with Gasteiger partial charge in [-0.1, -0.05) is 0 Å². The number of anilines is 1. The van der Waals surface area contributed by atoms with Crippen LogP contribution < -0.4 is 19.5 Å². The van der Waals surface area contributed by atoms with Gasteiger partial charge in [0.05, 0.1) is 49.3 Å². The zero-order valence-electron chi connectivity index (χ0n) is 26.6. The van der Waals surface area contributed by atoms with E-state index in [4.69, 9.17) is 40.9 Å². The van der Waals surface area contributed by atoms with E-state index < -0.39 is 11.5 Å². The third-order valence-electron chi connectivity index (χ3n) is 8.33. The molecule has 14 nitrogen and oxygen atoms in total. The van der Waals surface area contributed by atoms with Crippen LogP contribution in [0.2, 0.25) is 0 Å². The number of hydrogen-bond acceptors (Lipinski definition) is 11. The number of benzene rings is 2. The van der Waals surface area contributed by atoms with Crippen LogP contribution in [-0.2, 0) is 17.8 Å². The normalized spacial score (nSPS) is 15.0. The van der Waals surface area contributed by atoms with E-state index in [1.165, 1.54) is 38.5 Å². The lowest BCUT2D eigenvalue weighted by atomic mass is 9.99. The molecule has 0 saturated carbocycles. The van der Waals surface area contributed by atoms with Crippen molar-refractivity contribution in [3.8, 4) is 46.1 Å². The van der Waals surface area contributed by atoms with Gasteiger partial charge in [-0.2, -0.15) is 15.1 Å². The van der Waals surface area contributed by atoms with Crippen LogP contribution in [0.4, 0.5) is 14.5 Å². The van der Waals surface area contributed by atoms with E-state index in [-0.39, 0.29) is 29.8 Å². The second kappa shape index (κ2) is 12.0. The summed E-state index contributed by atoms with van der Waals surface area (Å²) >= 11 is 4.87. The number of halogens is 3. The number of ether oxygens (including phenoxy) is 4. The number of alkyl halides is 3.